The largest absolute Gasteiger partial charge is 0.303 e. The Hall–Kier alpha value is -0.770. The molecule has 1 aliphatic rings. The molecule has 80 valence electrons. The first kappa shape index (κ1) is 10.7. The molecule has 4 heteroatoms. The second-order valence-corrected chi connectivity index (χ2v) is 4.81. The van der Waals surface area contributed by atoms with E-state index < -0.39 is 17.0 Å². The monoisotopic (exact) mass is 274 g/mol. The molecule has 0 spiro atoms. The third kappa shape index (κ3) is 1.83. The van der Waals surface area contributed by atoms with Gasteiger partial charge in [-0.25, -0.2) is 8.78 Å². The Morgan fingerprint density at radius 1 is 1.33 bits per heavy atom. The number of benzene rings is 1. The molecule has 0 atom stereocenters. The summed E-state index contributed by atoms with van der Waals surface area (Å²) in [6, 6.07) is 2.48. The van der Waals surface area contributed by atoms with Gasteiger partial charge in [0.25, 0.3) is 0 Å². The molecule has 0 N–H and O–H groups in total. The van der Waals surface area contributed by atoms with Crippen LogP contribution in [0.4, 0.5) is 8.78 Å². The zero-order chi connectivity index (χ0) is 11.1. The molecule has 0 aliphatic heterocycles. The number of halogens is 3. The first-order chi connectivity index (χ1) is 7.09. The van der Waals surface area contributed by atoms with Crippen LogP contribution < -0.4 is 0 Å². The zero-order valence-corrected chi connectivity index (χ0v) is 9.48. The fourth-order valence-electron chi connectivity index (χ4n) is 1.92. The molecule has 1 aromatic rings. The lowest BCUT2D eigenvalue weighted by molar-refractivity contribution is -0.108. The van der Waals surface area contributed by atoms with E-state index in [4.69, 9.17) is 0 Å². The summed E-state index contributed by atoms with van der Waals surface area (Å²) in [5.74, 6) is -1.14. The molecule has 15 heavy (non-hydrogen) atoms. The SMILES string of the molecule is O=CCC1(c2c(F)cc(Br)cc2F)CC1. The molecule has 2 rings (SSSR count). The van der Waals surface area contributed by atoms with Gasteiger partial charge in [-0.3, -0.25) is 0 Å². The molecule has 0 aromatic heterocycles. The molecule has 0 bridgehead atoms. The molecule has 1 aromatic carbocycles. The first-order valence-corrected chi connectivity index (χ1v) is 5.47. The van der Waals surface area contributed by atoms with Crippen LogP contribution in [0.1, 0.15) is 24.8 Å². The maximum atomic E-state index is 13.6. The maximum absolute atomic E-state index is 13.6. The second-order valence-electron chi connectivity index (χ2n) is 3.90. The summed E-state index contributed by atoms with van der Waals surface area (Å²) < 4.78 is 27.5. The van der Waals surface area contributed by atoms with Crippen molar-refractivity contribution in [2.45, 2.75) is 24.7 Å². The number of hydrogen-bond donors (Lipinski definition) is 0. The van der Waals surface area contributed by atoms with E-state index in [0.29, 0.717) is 17.3 Å². The summed E-state index contributed by atoms with van der Waals surface area (Å²) in [5.41, 5.74) is -0.505. The van der Waals surface area contributed by atoms with Crippen LogP contribution in [0.25, 0.3) is 0 Å². The zero-order valence-electron chi connectivity index (χ0n) is 7.90. The Labute approximate surface area is 94.6 Å². The quantitative estimate of drug-likeness (QED) is 0.773. The highest BCUT2D eigenvalue weighted by atomic mass is 79.9. The first-order valence-electron chi connectivity index (χ1n) is 4.68. The van der Waals surface area contributed by atoms with Crippen LogP contribution in [-0.2, 0) is 10.2 Å². The summed E-state index contributed by atoms with van der Waals surface area (Å²) in [7, 11) is 0. The molecule has 0 amide bonds. The van der Waals surface area contributed by atoms with Crippen molar-refractivity contribution in [3.63, 3.8) is 0 Å². The number of aldehydes is 1. The number of carbonyl (C=O) groups is 1. The van der Waals surface area contributed by atoms with Gasteiger partial charge in [0.15, 0.2) is 0 Å². The van der Waals surface area contributed by atoms with Crippen molar-refractivity contribution in [2.75, 3.05) is 0 Å². The van der Waals surface area contributed by atoms with E-state index >= 15 is 0 Å². The van der Waals surface area contributed by atoms with Gasteiger partial charge in [-0.2, -0.15) is 0 Å². The van der Waals surface area contributed by atoms with E-state index in [0.717, 1.165) is 6.29 Å². The van der Waals surface area contributed by atoms with E-state index in [1.165, 1.54) is 12.1 Å². The minimum atomic E-state index is -0.573. The Morgan fingerprint density at radius 3 is 2.27 bits per heavy atom. The summed E-state index contributed by atoms with van der Waals surface area (Å²) >= 11 is 3.02. The van der Waals surface area contributed by atoms with Crippen molar-refractivity contribution < 1.29 is 13.6 Å². The van der Waals surface area contributed by atoms with Gasteiger partial charge in [-0.05, 0) is 25.0 Å². The fourth-order valence-corrected chi connectivity index (χ4v) is 2.32. The van der Waals surface area contributed by atoms with E-state index in [1.54, 1.807) is 0 Å². The highest BCUT2D eigenvalue weighted by molar-refractivity contribution is 9.10. The second kappa shape index (κ2) is 3.67. The van der Waals surface area contributed by atoms with Crippen LogP contribution in [-0.4, -0.2) is 6.29 Å². The number of carbonyl (C=O) groups excluding carboxylic acids is 1. The molecular weight excluding hydrogens is 266 g/mol. The molecule has 1 fully saturated rings. The van der Waals surface area contributed by atoms with Crippen LogP contribution in [0.2, 0.25) is 0 Å². The van der Waals surface area contributed by atoms with E-state index in [2.05, 4.69) is 15.9 Å². The third-order valence-corrected chi connectivity index (χ3v) is 3.32. The molecular formula is C11H9BrF2O. The standard InChI is InChI=1S/C11H9BrF2O/c12-7-5-8(13)10(9(14)6-7)11(1-2-11)3-4-15/h4-6H,1-3H2. The summed E-state index contributed by atoms with van der Waals surface area (Å²) in [6.07, 6.45) is 2.29. The van der Waals surface area contributed by atoms with Crippen molar-refractivity contribution in [2.24, 2.45) is 0 Å². The van der Waals surface area contributed by atoms with Gasteiger partial charge in [-0.1, -0.05) is 15.9 Å². The van der Waals surface area contributed by atoms with Crippen molar-refractivity contribution in [3.8, 4) is 0 Å². The molecule has 1 saturated carbocycles. The van der Waals surface area contributed by atoms with Crippen molar-refractivity contribution in [1.29, 1.82) is 0 Å². The molecule has 1 aliphatic carbocycles. The minimum Gasteiger partial charge on any atom is -0.303 e. The van der Waals surface area contributed by atoms with Gasteiger partial charge in [0.1, 0.15) is 17.9 Å². The normalized spacial score (nSPS) is 17.5. The smallest absolute Gasteiger partial charge is 0.131 e. The molecule has 1 nitrogen and oxygen atoms in total. The van der Waals surface area contributed by atoms with Crippen molar-refractivity contribution >= 4 is 22.2 Å². The van der Waals surface area contributed by atoms with Gasteiger partial charge in [0, 0.05) is 21.9 Å². The summed E-state index contributed by atoms with van der Waals surface area (Å²) in [5, 5.41) is 0. The molecule has 0 radical (unpaired) electrons. The highest BCUT2D eigenvalue weighted by Gasteiger charge is 2.47. The predicted octanol–water partition coefficient (Wildman–Crippen LogP) is 3.35. The van der Waals surface area contributed by atoms with Gasteiger partial charge in [0.05, 0.1) is 0 Å². The highest BCUT2D eigenvalue weighted by Crippen LogP contribution is 2.52. The third-order valence-electron chi connectivity index (χ3n) is 2.86. The Kier molecular flexibility index (Phi) is 2.63. The summed E-state index contributed by atoms with van der Waals surface area (Å²) in [4.78, 5) is 10.5. The molecule has 0 saturated heterocycles. The van der Waals surface area contributed by atoms with Gasteiger partial charge in [-0.15, -0.1) is 0 Å². The van der Waals surface area contributed by atoms with Gasteiger partial charge >= 0.3 is 0 Å². The molecule has 0 heterocycles. The predicted molar refractivity (Wildman–Crippen MR) is 55.7 cm³/mol. The number of hydrogen-bond acceptors (Lipinski definition) is 1. The van der Waals surface area contributed by atoms with Gasteiger partial charge < -0.3 is 4.79 Å². The number of rotatable bonds is 3. The average molecular weight is 275 g/mol. The lowest BCUT2D eigenvalue weighted by Gasteiger charge is -2.14. The van der Waals surface area contributed by atoms with Gasteiger partial charge in [0.2, 0.25) is 0 Å². The maximum Gasteiger partial charge on any atom is 0.131 e. The fraction of sp³-hybridized carbons (Fsp3) is 0.364. The van der Waals surface area contributed by atoms with Crippen LogP contribution >= 0.6 is 15.9 Å². The van der Waals surface area contributed by atoms with Crippen molar-refractivity contribution in [3.05, 3.63) is 33.8 Å². The van der Waals surface area contributed by atoms with E-state index in [9.17, 15) is 13.6 Å². The minimum absolute atomic E-state index is 0.0674. The van der Waals surface area contributed by atoms with Crippen LogP contribution in [0.3, 0.4) is 0 Å². The van der Waals surface area contributed by atoms with Crippen LogP contribution in [0.15, 0.2) is 16.6 Å². The summed E-state index contributed by atoms with van der Waals surface area (Å²) in [6.45, 7) is 0. The lowest BCUT2D eigenvalue weighted by Crippen LogP contribution is -2.12. The average Bonchev–Trinajstić information content (AvgIpc) is 2.83. The van der Waals surface area contributed by atoms with E-state index in [-0.39, 0.29) is 12.0 Å². The lowest BCUT2D eigenvalue weighted by atomic mass is 9.92. The molecule has 0 unspecified atom stereocenters. The Balaban J connectivity index is 2.48. The van der Waals surface area contributed by atoms with E-state index in [1.807, 2.05) is 0 Å². The Bertz CT molecular complexity index is 390. The van der Waals surface area contributed by atoms with Crippen LogP contribution in [0.5, 0.6) is 0 Å². The Morgan fingerprint density at radius 2 is 1.87 bits per heavy atom. The van der Waals surface area contributed by atoms with Crippen LogP contribution in [0, 0.1) is 11.6 Å². The topological polar surface area (TPSA) is 17.1 Å². The van der Waals surface area contributed by atoms with Crippen molar-refractivity contribution in [1.82, 2.24) is 0 Å².